The van der Waals surface area contributed by atoms with E-state index in [0.717, 1.165) is 24.5 Å². The number of methoxy groups -OCH3 is 1. The van der Waals surface area contributed by atoms with Crippen LogP contribution < -0.4 is 4.74 Å². The first-order chi connectivity index (χ1) is 7.38. The summed E-state index contributed by atoms with van der Waals surface area (Å²) in [7, 11) is 1.67. The monoisotopic (exact) mass is 204 g/mol. The number of hydrogen-bond acceptors (Lipinski definition) is 2. The van der Waals surface area contributed by atoms with Crippen molar-refractivity contribution < 1.29 is 4.74 Å². The lowest BCUT2D eigenvalue weighted by Crippen LogP contribution is -2.15. The Kier molecular flexibility index (Phi) is 3.22. The first-order valence-electron chi connectivity index (χ1n) is 5.31. The quantitative estimate of drug-likeness (QED) is 0.558. The van der Waals surface area contributed by atoms with Gasteiger partial charge in [-0.3, -0.25) is 0 Å². The summed E-state index contributed by atoms with van der Waals surface area (Å²) >= 11 is 0. The van der Waals surface area contributed by atoms with E-state index in [2.05, 4.69) is 9.89 Å². The topological polar surface area (TPSA) is 24.8 Å². The van der Waals surface area contributed by atoms with Crippen LogP contribution in [0.25, 0.3) is 0 Å². The highest BCUT2D eigenvalue weighted by Gasteiger charge is 2.06. The molecule has 0 radical (unpaired) electrons. The van der Waals surface area contributed by atoms with E-state index in [1.807, 2.05) is 30.6 Å². The summed E-state index contributed by atoms with van der Waals surface area (Å²) in [5, 5.41) is 0. The smallest absolute Gasteiger partial charge is 0.119 e. The van der Waals surface area contributed by atoms with Crippen LogP contribution >= 0.6 is 0 Å². The Morgan fingerprint density at radius 2 is 1.87 bits per heavy atom. The van der Waals surface area contributed by atoms with Crippen molar-refractivity contribution >= 4 is 12.0 Å². The molecule has 0 aromatic heterocycles. The van der Waals surface area contributed by atoms with Crippen LogP contribution in [0, 0.1) is 0 Å². The molecule has 0 aliphatic carbocycles. The van der Waals surface area contributed by atoms with Gasteiger partial charge in [-0.05, 0) is 37.1 Å². The van der Waals surface area contributed by atoms with Gasteiger partial charge in [0.2, 0.25) is 0 Å². The molecule has 1 aromatic carbocycles. The maximum Gasteiger partial charge on any atom is 0.119 e. The van der Waals surface area contributed by atoms with E-state index in [1.165, 1.54) is 12.8 Å². The number of nitrogens with zero attached hydrogens (tertiary/aromatic N) is 2. The molecular formula is C12H16N2O. The summed E-state index contributed by atoms with van der Waals surface area (Å²) in [6, 6.07) is 7.78. The number of benzene rings is 1. The summed E-state index contributed by atoms with van der Waals surface area (Å²) in [6.45, 7) is 2.28. The Morgan fingerprint density at radius 1 is 1.20 bits per heavy atom. The average molecular weight is 204 g/mol. The van der Waals surface area contributed by atoms with E-state index in [0.29, 0.717) is 0 Å². The minimum atomic E-state index is 0.870. The minimum Gasteiger partial charge on any atom is -0.497 e. The average Bonchev–Trinajstić information content (AvgIpc) is 2.80. The van der Waals surface area contributed by atoms with Gasteiger partial charge in [0.1, 0.15) is 5.75 Å². The predicted octanol–water partition coefficient (Wildman–Crippen LogP) is 2.45. The van der Waals surface area contributed by atoms with Gasteiger partial charge in [-0.2, -0.15) is 0 Å². The Morgan fingerprint density at radius 3 is 2.47 bits per heavy atom. The SMILES string of the molecule is COc1ccc(N=CN2CCCC2)cc1. The summed E-state index contributed by atoms with van der Waals surface area (Å²) < 4.78 is 5.08. The zero-order chi connectivity index (χ0) is 10.5. The van der Waals surface area contributed by atoms with Crippen LogP contribution in [-0.4, -0.2) is 31.4 Å². The highest BCUT2D eigenvalue weighted by molar-refractivity contribution is 5.61. The van der Waals surface area contributed by atoms with Crippen molar-refractivity contribution in [3.63, 3.8) is 0 Å². The Hall–Kier alpha value is -1.51. The summed E-state index contributed by atoms with van der Waals surface area (Å²) in [4.78, 5) is 6.66. The summed E-state index contributed by atoms with van der Waals surface area (Å²) in [5.41, 5.74) is 0.975. The molecule has 0 amide bonds. The lowest BCUT2D eigenvalue weighted by molar-refractivity contribution is 0.415. The van der Waals surface area contributed by atoms with Crippen molar-refractivity contribution in [3.8, 4) is 5.75 Å². The van der Waals surface area contributed by atoms with Crippen LogP contribution in [0.2, 0.25) is 0 Å². The molecule has 0 spiro atoms. The third-order valence-electron chi connectivity index (χ3n) is 2.58. The molecular weight excluding hydrogens is 188 g/mol. The van der Waals surface area contributed by atoms with Crippen LogP contribution in [0.5, 0.6) is 5.75 Å². The van der Waals surface area contributed by atoms with Gasteiger partial charge in [-0.25, -0.2) is 4.99 Å². The van der Waals surface area contributed by atoms with Crippen molar-refractivity contribution in [2.45, 2.75) is 12.8 Å². The zero-order valence-corrected chi connectivity index (χ0v) is 9.02. The van der Waals surface area contributed by atoms with Crippen LogP contribution in [0.3, 0.4) is 0 Å². The minimum absolute atomic E-state index is 0.870. The van der Waals surface area contributed by atoms with E-state index >= 15 is 0 Å². The molecule has 1 saturated heterocycles. The fraction of sp³-hybridized carbons (Fsp3) is 0.417. The number of hydrogen-bond donors (Lipinski definition) is 0. The van der Waals surface area contributed by atoms with Gasteiger partial charge in [0, 0.05) is 13.1 Å². The van der Waals surface area contributed by atoms with E-state index < -0.39 is 0 Å². The van der Waals surface area contributed by atoms with Crippen molar-refractivity contribution in [3.05, 3.63) is 24.3 Å². The van der Waals surface area contributed by atoms with Crippen LogP contribution in [0.15, 0.2) is 29.3 Å². The van der Waals surface area contributed by atoms with E-state index in [-0.39, 0.29) is 0 Å². The molecule has 1 heterocycles. The fourth-order valence-electron chi connectivity index (χ4n) is 1.67. The number of aliphatic imine (C=N–C) groups is 1. The molecule has 1 aromatic rings. The summed E-state index contributed by atoms with van der Waals surface area (Å²) in [5.74, 6) is 0.870. The predicted molar refractivity (Wildman–Crippen MR) is 62.0 cm³/mol. The van der Waals surface area contributed by atoms with Gasteiger partial charge in [-0.15, -0.1) is 0 Å². The summed E-state index contributed by atoms with van der Waals surface area (Å²) in [6.07, 6.45) is 4.51. The molecule has 0 bridgehead atoms. The maximum atomic E-state index is 5.08. The number of likely N-dealkylation sites (tertiary alicyclic amines) is 1. The van der Waals surface area contributed by atoms with Crippen LogP contribution in [-0.2, 0) is 0 Å². The highest BCUT2D eigenvalue weighted by atomic mass is 16.5. The van der Waals surface area contributed by atoms with Crippen molar-refractivity contribution in [2.75, 3.05) is 20.2 Å². The van der Waals surface area contributed by atoms with Gasteiger partial charge in [0.15, 0.2) is 0 Å². The normalized spacial score (nSPS) is 16.2. The first-order valence-corrected chi connectivity index (χ1v) is 5.31. The van der Waals surface area contributed by atoms with Crippen molar-refractivity contribution in [2.24, 2.45) is 4.99 Å². The largest absolute Gasteiger partial charge is 0.497 e. The van der Waals surface area contributed by atoms with Crippen LogP contribution in [0.4, 0.5) is 5.69 Å². The number of rotatable bonds is 3. The highest BCUT2D eigenvalue weighted by Crippen LogP contribution is 2.17. The Labute approximate surface area is 90.4 Å². The Balaban J connectivity index is 1.97. The molecule has 15 heavy (non-hydrogen) atoms. The van der Waals surface area contributed by atoms with E-state index in [9.17, 15) is 0 Å². The second kappa shape index (κ2) is 4.82. The molecule has 1 aliphatic rings. The molecule has 3 heteroatoms. The maximum absolute atomic E-state index is 5.08. The molecule has 3 nitrogen and oxygen atoms in total. The molecule has 1 aliphatic heterocycles. The van der Waals surface area contributed by atoms with Gasteiger partial charge in [0.25, 0.3) is 0 Å². The Bertz CT molecular complexity index is 326. The zero-order valence-electron chi connectivity index (χ0n) is 9.02. The van der Waals surface area contributed by atoms with Crippen LogP contribution in [0.1, 0.15) is 12.8 Å². The van der Waals surface area contributed by atoms with Crippen molar-refractivity contribution in [1.29, 1.82) is 0 Å². The second-order valence-electron chi connectivity index (χ2n) is 3.69. The standard InChI is InChI=1S/C12H16N2O/c1-15-12-6-4-11(5-7-12)13-10-14-8-2-3-9-14/h4-7,10H,2-3,8-9H2,1H3. The second-order valence-corrected chi connectivity index (χ2v) is 3.69. The first kappa shape index (κ1) is 10.0. The van der Waals surface area contributed by atoms with E-state index in [1.54, 1.807) is 7.11 Å². The lowest BCUT2D eigenvalue weighted by Gasteiger charge is -2.08. The third-order valence-corrected chi connectivity index (χ3v) is 2.58. The molecule has 2 rings (SSSR count). The van der Waals surface area contributed by atoms with Gasteiger partial charge < -0.3 is 9.64 Å². The van der Waals surface area contributed by atoms with Crippen molar-refractivity contribution in [1.82, 2.24) is 4.90 Å². The fourth-order valence-corrected chi connectivity index (χ4v) is 1.67. The number of ether oxygens (including phenoxy) is 1. The van der Waals surface area contributed by atoms with Gasteiger partial charge in [-0.1, -0.05) is 0 Å². The molecule has 0 saturated carbocycles. The van der Waals surface area contributed by atoms with E-state index in [4.69, 9.17) is 4.74 Å². The molecule has 0 atom stereocenters. The molecule has 0 N–H and O–H groups in total. The lowest BCUT2D eigenvalue weighted by atomic mass is 10.3. The molecule has 1 fully saturated rings. The molecule has 0 unspecified atom stereocenters. The third kappa shape index (κ3) is 2.72. The molecule has 80 valence electrons. The van der Waals surface area contributed by atoms with Gasteiger partial charge in [0.05, 0.1) is 19.1 Å². The van der Waals surface area contributed by atoms with Gasteiger partial charge >= 0.3 is 0 Å².